The molecule has 2 rings (SSSR count). The van der Waals surface area contributed by atoms with E-state index in [9.17, 15) is 22.8 Å². The van der Waals surface area contributed by atoms with Crippen LogP contribution in [0, 0.1) is 0 Å². The molecule has 2 amide bonds. The predicted molar refractivity (Wildman–Crippen MR) is 95.2 cm³/mol. The first-order valence-electron chi connectivity index (χ1n) is 8.00. The van der Waals surface area contributed by atoms with Crippen molar-refractivity contribution in [3.8, 4) is 0 Å². The summed E-state index contributed by atoms with van der Waals surface area (Å²) in [4.78, 5) is 28.8. The van der Waals surface area contributed by atoms with Crippen LogP contribution >= 0.6 is 11.6 Å². The van der Waals surface area contributed by atoms with Gasteiger partial charge in [0.1, 0.15) is 0 Å². The number of carbonyl (C=O) groups excluding carboxylic acids is 2. The van der Waals surface area contributed by atoms with Crippen LogP contribution in [0.5, 0.6) is 0 Å². The second-order valence-electron chi connectivity index (χ2n) is 5.68. The van der Waals surface area contributed by atoms with E-state index in [1.54, 1.807) is 24.4 Å². The van der Waals surface area contributed by atoms with Crippen molar-refractivity contribution in [2.45, 2.75) is 26.1 Å². The molecule has 0 aliphatic heterocycles. The Balaban J connectivity index is 2.08. The van der Waals surface area contributed by atoms with Crippen molar-refractivity contribution in [2.75, 3.05) is 11.4 Å². The summed E-state index contributed by atoms with van der Waals surface area (Å²) in [7, 11) is 0. The first-order valence-corrected chi connectivity index (χ1v) is 8.37. The molecule has 1 aromatic heterocycles. The summed E-state index contributed by atoms with van der Waals surface area (Å²) in [6.07, 6.45) is -3.26. The summed E-state index contributed by atoms with van der Waals surface area (Å²) in [5.41, 5.74) is -0.720. The zero-order chi connectivity index (χ0) is 20.0. The number of halogens is 4. The van der Waals surface area contributed by atoms with Crippen molar-refractivity contribution in [2.24, 2.45) is 0 Å². The van der Waals surface area contributed by atoms with Crippen LogP contribution in [0.4, 0.5) is 18.9 Å². The summed E-state index contributed by atoms with van der Waals surface area (Å²) < 4.78 is 39.8. The number of nitrogens with one attached hydrogen (secondary N) is 1. The summed E-state index contributed by atoms with van der Waals surface area (Å²) in [5, 5.41) is 2.52. The molecule has 0 radical (unpaired) electrons. The zero-order valence-corrected chi connectivity index (χ0v) is 15.1. The van der Waals surface area contributed by atoms with Gasteiger partial charge in [0.15, 0.2) is 0 Å². The Hall–Kier alpha value is -2.61. The van der Waals surface area contributed by atoms with Gasteiger partial charge in [0.05, 0.1) is 23.5 Å². The fraction of sp³-hybridized carbons (Fsp3) is 0.278. The lowest BCUT2D eigenvalue weighted by molar-refractivity contribution is -0.137. The third-order valence-corrected chi connectivity index (χ3v) is 3.93. The molecule has 0 atom stereocenters. The number of alkyl halides is 3. The van der Waals surface area contributed by atoms with E-state index < -0.39 is 23.6 Å². The van der Waals surface area contributed by atoms with Crippen LogP contribution in [-0.4, -0.2) is 23.3 Å². The van der Waals surface area contributed by atoms with E-state index in [-0.39, 0.29) is 30.2 Å². The van der Waals surface area contributed by atoms with Gasteiger partial charge in [-0.25, -0.2) is 0 Å². The van der Waals surface area contributed by atoms with E-state index in [0.717, 1.165) is 24.0 Å². The number of benzene rings is 1. The SMILES string of the molecule is CC(=O)N(CCC(=O)NCc1ccccn1)c1ccc(Cl)cc1C(F)(F)F. The maximum atomic E-state index is 13.3. The van der Waals surface area contributed by atoms with Gasteiger partial charge in [0.2, 0.25) is 11.8 Å². The maximum absolute atomic E-state index is 13.3. The van der Waals surface area contributed by atoms with Gasteiger partial charge in [-0.05, 0) is 30.3 Å². The van der Waals surface area contributed by atoms with Crippen molar-refractivity contribution in [3.05, 3.63) is 58.9 Å². The van der Waals surface area contributed by atoms with Crippen LogP contribution in [0.25, 0.3) is 0 Å². The minimum absolute atomic E-state index is 0.0947. The molecule has 0 bridgehead atoms. The minimum Gasteiger partial charge on any atom is -0.350 e. The third-order valence-electron chi connectivity index (χ3n) is 3.69. The zero-order valence-electron chi connectivity index (χ0n) is 14.4. The van der Waals surface area contributed by atoms with Crippen LogP contribution in [0.2, 0.25) is 5.02 Å². The number of hydrogen-bond acceptors (Lipinski definition) is 3. The average molecular weight is 400 g/mol. The molecule has 2 aromatic rings. The number of rotatable bonds is 6. The van der Waals surface area contributed by atoms with Gasteiger partial charge >= 0.3 is 6.18 Å². The van der Waals surface area contributed by atoms with Crippen molar-refractivity contribution in [3.63, 3.8) is 0 Å². The Kier molecular flexibility index (Phi) is 6.79. The summed E-state index contributed by atoms with van der Waals surface area (Å²) >= 11 is 5.66. The van der Waals surface area contributed by atoms with E-state index >= 15 is 0 Å². The van der Waals surface area contributed by atoms with Crippen LogP contribution in [0.1, 0.15) is 24.6 Å². The van der Waals surface area contributed by atoms with Gasteiger partial charge in [-0.3, -0.25) is 14.6 Å². The predicted octanol–water partition coefficient (Wildman–Crippen LogP) is 3.81. The molecular formula is C18H17ClF3N3O2. The second kappa shape index (κ2) is 8.85. The number of pyridine rings is 1. The Morgan fingerprint density at radius 3 is 2.56 bits per heavy atom. The van der Waals surface area contributed by atoms with Crippen molar-refractivity contribution in [1.82, 2.24) is 10.3 Å². The lowest BCUT2D eigenvalue weighted by Gasteiger charge is -2.25. The highest BCUT2D eigenvalue weighted by Gasteiger charge is 2.36. The molecular weight excluding hydrogens is 383 g/mol. The van der Waals surface area contributed by atoms with Gasteiger partial charge in [-0.2, -0.15) is 13.2 Å². The van der Waals surface area contributed by atoms with E-state index in [2.05, 4.69) is 10.3 Å². The lowest BCUT2D eigenvalue weighted by Crippen LogP contribution is -2.35. The molecule has 27 heavy (non-hydrogen) atoms. The fourth-order valence-corrected chi connectivity index (χ4v) is 2.58. The van der Waals surface area contributed by atoms with Crippen LogP contribution in [-0.2, 0) is 22.3 Å². The first-order chi connectivity index (χ1) is 12.7. The van der Waals surface area contributed by atoms with E-state index in [4.69, 9.17) is 11.6 Å². The van der Waals surface area contributed by atoms with Crippen molar-refractivity contribution < 1.29 is 22.8 Å². The minimum atomic E-state index is -4.69. The number of hydrogen-bond donors (Lipinski definition) is 1. The maximum Gasteiger partial charge on any atom is 0.418 e. The molecule has 0 saturated carbocycles. The van der Waals surface area contributed by atoms with E-state index in [1.165, 1.54) is 6.07 Å². The second-order valence-corrected chi connectivity index (χ2v) is 6.11. The Morgan fingerprint density at radius 1 is 1.22 bits per heavy atom. The summed E-state index contributed by atoms with van der Waals surface area (Å²) in [5.74, 6) is -1.02. The quantitative estimate of drug-likeness (QED) is 0.803. The molecule has 9 heteroatoms. The van der Waals surface area contributed by atoms with Crippen LogP contribution < -0.4 is 10.2 Å². The third kappa shape index (κ3) is 5.96. The number of amides is 2. The molecule has 1 aromatic carbocycles. The first kappa shape index (κ1) is 20.7. The summed E-state index contributed by atoms with van der Waals surface area (Å²) in [6.45, 7) is 1.13. The molecule has 0 saturated heterocycles. The molecule has 0 aliphatic carbocycles. The number of carbonyl (C=O) groups is 2. The topological polar surface area (TPSA) is 62.3 Å². The standard InChI is InChI=1S/C18H17ClF3N3O2/c1-12(26)25(16-6-5-13(19)10-15(16)18(20,21)22)9-7-17(27)24-11-14-4-2-3-8-23-14/h2-6,8,10H,7,9,11H2,1H3,(H,24,27). The molecule has 0 aliphatic rings. The average Bonchev–Trinajstić information content (AvgIpc) is 2.61. The summed E-state index contributed by atoms with van der Waals surface area (Å²) in [6, 6.07) is 8.38. The monoisotopic (exact) mass is 399 g/mol. The van der Waals surface area contributed by atoms with Crippen LogP contribution in [0.15, 0.2) is 42.6 Å². The Labute approximate surface area is 159 Å². The van der Waals surface area contributed by atoms with Gasteiger partial charge < -0.3 is 10.2 Å². The van der Waals surface area contributed by atoms with Crippen molar-refractivity contribution >= 4 is 29.1 Å². The number of aromatic nitrogens is 1. The Morgan fingerprint density at radius 2 is 1.96 bits per heavy atom. The van der Waals surface area contributed by atoms with Gasteiger partial charge in [0.25, 0.3) is 0 Å². The Bertz CT molecular complexity index is 813. The normalized spacial score (nSPS) is 11.1. The highest BCUT2D eigenvalue weighted by atomic mass is 35.5. The molecule has 0 spiro atoms. The van der Waals surface area contributed by atoms with Crippen molar-refractivity contribution in [1.29, 1.82) is 0 Å². The number of anilines is 1. The lowest BCUT2D eigenvalue weighted by atomic mass is 10.1. The molecule has 1 heterocycles. The van der Waals surface area contributed by atoms with Gasteiger partial charge in [0, 0.05) is 31.1 Å². The van der Waals surface area contributed by atoms with Crippen LogP contribution in [0.3, 0.4) is 0 Å². The number of nitrogens with zero attached hydrogens (tertiary/aromatic N) is 2. The van der Waals surface area contributed by atoms with Gasteiger partial charge in [-0.15, -0.1) is 0 Å². The fourth-order valence-electron chi connectivity index (χ4n) is 2.41. The van der Waals surface area contributed by atoms with E-state index in [1.807, 2.05) is 0 Å². The molecule has 0 unspecified atom stereocenters. The highest BCUT2D eigenvalue weighted by molar-refractivity contribution is 6.30. The highest BCUT2D eigenvalue weighted by Crippen LogP contribution is 2.38. The molecule has 5 nitrogen and oxygen atoms in total. The molecule has 144 valence electrons. The van der Waals surface area contributed by atoms with Gasteiger partial charge in [-0.1, -0.05) is 17.7 Å². The van der Waals surface area contributed by atoms with E-state index in [0.29, 0.717) is 5.69 Å². The largest absolute Gasteiger partial charge is 0.418 e. The smallest absolute Gasteiger partial charge is 0.350 e. The molecule has 0 fully saturated rings. The molecule has 1 N–H and O–H groups in total.